The zero-order valence-corrected chi connectivity index (χ0v) is 9.88. The van der Waals surface area contributed by atoms with E-state index in [-0.39, 0.29) is 23.9 Å². The van der Waals surface area contributed by atoms with Crippen LogP contribution in [-0.2, 0) is 9.84 Å². The molecule has 1 aromatic rings. The van der Waals surface area contributed by atoms with Gasteiger partial charge < -0.3 is 10.8 Å². The summed E-state index contributed by atoms with van der Waals surface area (Å²) in [6.45, 7) is -0.155. The number of hydrogen-bond donors (Lipinski definition) is 2. The van der Waals surface area contributed by atoms with Crippen molar-refractivity contribution >= 4 is 22.2 Å². The van der Waals surface area contributed by atoms with Crippen molar-refractivity contribution < 1.29 is 13.5 Å². The van der Waals surface area contributed by atoms with Crippen molar-refractivity contribution in [3.05, 3.63) is 29.8 Å². The van der Waals surface area contributed by atoms with Gasteiger partial charge in [-0.2, -0.15) is 0 Å². The zero-order chi connectivity index (χ0) is 10.8. The Morgan fingerprint density at radius 2 is 1.80 bits per heavy atom. The number of aliphatic hydroxyl groups excluding tert-OH is 1. The van der Waals surface area contributed by atoms with Crippen LogP contribution in [0.3, 0.4) is 0 Å². The second-order valence-corrected chi connectivity index (χ2v) is 5.15. The van der Waals surface area contributed by atoms with Gasteiger partial charge in [0.15, 0.2) is 9.84 Å². The molecule has 0 heterocycles. The van der Waals surface area contributed by atoms with E-state index in [0.717, 1.165) is 11.8 Å². The molecule has 0 aliphatic heterocycles. The number of aliphatic hydroxyl groups is 1. The van der Waals surface area contributed by atoms with Gasteiger partial charge in [-0.15, -0.1) is 12.4 Å². The molecule has 0 radical (unpaired) electrons. The minimum absolute atomic E-state index is 0. The molecule has 86 valence electrons. The van der Waals surface area contributed by atoms with Gasteiger partial charge >= 0.3 is 0 Å². The maximum absolute atomic E-state index is 11.1. The summed E-state index contributed by atoms with van der Waals surface area (Å²) in [4.78, 5) is 0.256. The van der Waals surface area contributed by atoms with E-state index in [1.54, 1.807) is 12.1 Å². The first-order chi connectivity index (χ1) is 6.45. The monoisotopic (exact) mass is 251 g/mol. The molecule has 1 rings (SSSR count). The van der Waals surface area contributed by atoms with E-state index in [9.17, 15) is 8.42 Å². The summed E-state index contributed by atoms with van der Waals surface area (Å²) in [6, 6.07) is 5.73. The van der Waals surface area contributed by atoms with Gasteiger partial charge in [-0.3, -0.25) is 0 Å². The van der Waals surface area contributed by atoms with Gasteiger partial charge in [0, 0.05) is 6.26 Å². The van der Waals surface area contributed by atoms with Crippen LogP contribution in [0.4, 0.5) is 0 Å². The number of nitrogens with two attached hydrogens (primary N) is 1. The van der Waals surface area contributed by atoms with Crippen LogP contribution < -0.4 is 5.73 Å². The SMILES string of the molecule is CS(=O)(=O)c1ccc([C@H](N)CO)cc1.Cl. The minimum atomic E-state index is -3.16. The van der Waals surface area contributed by atoms with Gasteiger partial charge in [0.05, 0.1) is 17.5 Å². The lowest BCUT2D eigenvalue weighted by Gasteiger charge is -2.08. The summed E-state index contributed by atoms with van der Waals surface area (Å²) in [6.07, 6.45) is 1.15. The van der Waals surface area contributed by atoms with E-state index in [1.807, 2.05) is 0 Å². The van der Waals surface area contributed by atoms with Gasteiger partial charge in [0.2, 0.25) is 0 Å². The number of sulfone groups is 1. The molecule has 0 unspecified atom stereocenters. The Hall–Kier alpha value is -0.620. The normalized spacial score (nSPS) is 13.0. The van der Waals surface area contributed by atoms with Crippen LogP contribution in [0.5, 0.6) is 0 Å². The second kappa shape index (κ2) is 5.46. The van der Waals surface area contributed by atoms with E-state index >= 15 is 0 Å². The molecule has 0 aliphatic carbocycles. The average molecular weight is 252 g/mol. The molecule has 0 amide bonds. The number of hydrogen-bond acceptors (Lipinski definition) is 4. The van der Waals surface area contributed by atoms with Crippen LogP contribution in [0.1, 0.15) is 11.6 Å². The first kappa shape index (κ1) is 14.4. The third kappa shape index (κ3) is 3.79. The molecular formula is C9H14ClNO3S. The Morgan fingerprint density at radius 3 is 2.13 bits per heavy atom. The summed E-state index contributed by atoms with van der Waals surface area (Å²) in [5, 5.41) is 8.77. The summed E-state index contributed by atoms with van der Waals surface area (Å²) in [5.41, 5.74) is 6.28. The summed E-state index contributed by atoms with van der Waals surface area (Å²) in [7, 11) is -3.16. The first-order valence-electron chi connectivity index (χ1n) is 4.11. The van der Waals surface area contributed by atoms with E-state index in [2.05, 4.69) is 0 Å². The number of benzene rings is 1. The van der Waals surface area contributed by atoms with Crippen molar-refractivity contribution in [2.75, 3.05) is 12.9 Å². The highest BCUT2D eigenvalue weighted by molar-refractivity contribution is 7.90. The predicted molar refractivity (Wildman–Crippen MR) is 60.8 cm³/mol. The van der Waals surface area contributed by atoms with E-state index in [4.69, 9.17) is 10.8 Å². The van der Waals surface area contributed by atoms with Crippen molar-refractivity contribution in [2.45, 2.75) is 10.9 Å². The summed E-state index contributed by atoms with van der Waals surface area (Å²) >= 11 is 0. The average Bonchev–Trinajstić information content (AvgIpc) is 2.15. The lowest BCUT2D eigenvalue weighted by Crippen LogP contribution is -2.14. The van der Waals surface area contributed by atoms with E-state index in [0.29, 0.717) is 0 Å². The largest absolute Gasteiger partial charge is 0.394 e. The Labute approximate surface area is 95.4 Å². The standard InChI is InChI=1S/C9H13NO3S.ClH/c1-14(12,13)8-4-2-7(3-5-8)9(10)6-11;/h2-5,9,11H,6,10H2,1H3;1H/t9-;/m1./s1. The van der Waals surface area contributed by atoms with Crippen LogP contribution in [0, 0.1) is 0 Å². The fraction of sp³-hybridized carbons (Fsp3) is 0.333. The van der Waals surface area contributed by atoms with Crippen molar-refractivity contribution in [1.29, 1.82) is 0 Å². The van der Waals surface area contributed by atoms with Crippen molar-refractivity contribution in [1.82, 2.24) is 0 Å². The van der Waals surface area contributed by atoms with E-state index < -0.39 is 15.9 Å². The fourth-order valence-corrected chi connectivity index (χ4v) is 1.70. The molecule has 3 N–H and O–H groups in total. The van der Waals surface area contributed by atoms with Crippen molar-refractivity contribution in [3.8, 4) is 0 Å². The Balaban J connectivity index is 0.00000196. The number of rotatable bonds is 3. The molecule has 0 bridgehead atoms. The van der Waals surface area contributed by atoms with E-state index in [1.165, 1.54) is 12.1 Å². The van der Waals surface area contributed by atoms with Crippen LogP contribution in [-0.4, -0.2) is 26.4 Å². The van der Waals surface area contributed by atoms with Gasteiger partial charge in [0.1, 0.15) is 0 Å². The molecule has 4 nitrogen and oxygen atoms in total. The third-order valence-electron chi connectivity index (χ3n) is 1.93. The lowest BCUT2D eigenvalue weighted by molar-refractivity contribution is 0.268. The molecule has 0 aromatic heterocycles. The van der Waals surface area contributed by atoms with Crippen LogP contribution in [0.2, 0.25) is 0 Å². The number of halogens is 1. The maximum Gasteiger partial charge on any atom is 0.175 e. The van der Waals surface area contributed by atoms with Crippen LogP contribution >= 0.6 is 12.4 Å². The Bertz CT molecular complexity index is 402. The highest BCUT2D eigenvalue weighted by atomic mass is 35.5. The predicted octanol–water partition coefficient (Wildman–Crippen LogP) is 0.504. The molecule has 1 aromatic carbocycles. The minimum Gasteiger partial charge on any atom is -0.394 e. The van der Waals surface area contributed by atoms with Crippen LogP contribution in [0.25, 0.3) is 0 Å². The second-order valence-electron chi connectivity index (χ2n) is 3.13. The fourth-order valence-electron chi connectivity index (χ4n) is 1.07. The Kier molecular flexibility index (Phi) is 5.23. The van der Waals surface area contributed by atoms with Gasteiger partial charge in [-0.25, -0.2) is 8.42 Å². The lowest BCUT2D eigenvalue weighted by atomic mass is 10.1. The van der Waals surface area contributed by atoms with Gasteiger partial charge in [-0.1, -0.05) is 12.1 Å². The highest BCUT2D eigenvalue weighted by Gasteiger charge is 2.08. The molecule has 0 saturated heterocycles. The van der Waals surface area contributed by atoms with Crippen molar-refractivity contribution in [2.24, 2.45) is 5.73 Å². The molecular weight excluding hydrogens is 238 g/mol. The molecule has 1 atom stereocenters. The molecule has 0 fully saturated rings. The summed E-state index contributed by atoms with van der Waals surface area (Å²) < 4.78 is 22.2. The van der Waals surface area contributed by atoms with Gasteiger partial charge in [0.25, 0.3) is 0 Å². The van der Waals surface area contributed by atoms with Crippen molar-refractivity contribution in [3.63, 3.8) is 0 Å². The quantitative estimate of drug-likeness (QED) is 0.820. The highest BCUT2D eigenvalue weighted by Crippen LogP contribution is 2.14. The molecule has 0 spiro atoms. The van der Waals surface area contributed by atoms with Crippen LogP contribution in [0.15, 0.2) is 29.2 Å². The maximum atomic E-state index is 11.1. The smallest absolute Gasteiger partial charge is 0.175 e. The first-order valence-corrected chi connectivity index (χ1v) is 6.00. The topological polar surface area (TPSA) is 80.4 Å². The Morgan fingerprint density at radius 1 is 1.33 bits per heavy atom. The summed E-state index contributed by atoms with van der Waals surface area (Å²) in [5.74, 6) is 0. The molecule has 0 saturated carbocycles. The molecule has 0 aliphatic rings. The third-order valence-corrected chi connectivity index (χ3v) is 3.06. The van der Waals surface area contributed by atoms with Gasteiger partial charge in [-0.05, 0) is 17.7 Å². The molecule has 6 heteroatoms. The molecule has 15 heavy (non-hydrogen) atoms. The zero-order valence-electron chi connectivity index (χ0n) is 8.25.